The summed E-state index contributed by atoms with van der Waals surface area (Å²) in [5, 5.41) is 2.58. The standard InChI is InChI=1S/C27H22NS.C14H16GeN.Ir/c1-27(2,3)20-14-15-28-24(17-20)23-11-7-10-22-21-13-12-19(16-25(21)29-26(22)23)18-8-5-4-6-9-18;1-15(2,3)13-9-10-14(16-11-13)12-7-5-4-6-8-12;/h4-10,12-17H,1-3H3;4-7,9-11H,1-3H3;/q2*-1;. The average Bonchev–Trinajstić information content (AvgIpc) is 3.43. The summed E-state index contributed by atoms with van der Waals surface area (Å²) in [5.41, 5.74) is 8.05. The predicted octanol–water partition coefficient (Wildman–Crippen LogP) is 11.0. The molecule has 2 nitrogen and oxygen atoms in total. The van der Waals surface area contributed by atoms with Gasteiger partial charge in [0.25, 0.3) is 0 Å². The molecular weight excluding hydrogens is 817 g/mol. The van der Waals surface area contributed by atoms with Crippen molar-refractivity contribution in [2.45, 2.75) is 43.5 Å². The molecule has 0 aliphatic heterocycles. The summed E-state index contributed by atoms with van der Waals surface area (Å²) in [7, 11) is 0. The molecule has 1 radical (unpaired) electrons. The van der Waals surface area contributed by atoms with Crippen molar-refractivity contribution in [2.75, 3.05) is 0 Å². The molecule has 0 N–H and O–H groups in total. The molecule has 0 aliphatic rings. The fraction of sp³-hybridized carbons (Fsp3) is 0.171. The molecule has 7 aromatic rings. The first-order valence-electron chi connectivity index (χ1n) is 15.4. The second kappa shape index (κ2) is 14.2. The zero-order chi connectivity index (χ0) is 31.6. The Balaban J connectivity index is 0.000000209. The molecule has 46 heavy (non-hydrogen) atoms. The number of rotatable bonds is 4. The van der Waals surface area contributed by atoms with Crippen molar-refractivity contribution in [2.24, 2.45) is 0 Å². The molecule has 0 saturated carbocycles. The predicted molar refractivity (Wildman–Crippen MR) is 197 cm³/mol. The van der Waals surface area contributed by atoms with Crippen molar-refractivity contribution < 1.29 is 20.1 Å². The van der Waals surface area contributed by atoms with Gasteiger partial charge in [-0.3, -0.25) is 0 Å². The van der Waals surface area contributed by atoms with Gasteiger partial charge in [-0.1, -0.05) is 74.7 Å². The SMILES string of the molecule is CC(C)(C)c1ccnc(-c2[c-]ccc3c2sc2cc(-c4ccccc4)ccc23)c1.[CH3][Ge]([CH3])([CH3])[c]1ccc(-c2[c-]cccc2)nc1.[Ir]. The third-order valence-electron chi connectivity index (χ3n) is 8.04. The van der Waals surface area contributed by atoms with Gasteiger partial charge >= 0.3 is 99.8 Å². The Labute approximate surface area is 293 Å². The number of fused-ring (bicyclic) bond motifs is 3. The fourth-order valence-corrected chi connectivity index (χ4v) is 8.74. The number of pyridine rings is 2. The summed E-state index contributed by atoms with van der Waals surface area (Å²) < 4.78 is 4.00. The number of benzene rings is 4. The maximum absolute atomic E-state index is 4.68. The van der Waals surface area contributed by atoms with Crippen LogP contribution in [-0.4, -0.2) is 23.2 Å². The van der Waals surface area contributed by atoms with Gasteiger partial charge in [0.05, 0.1) is 0 Å². The van der Waals surface area contributed by atoms with Gasteiger partial charge in [-0.05, 0) is 50.0 Å². The van der Waals surface area contributed by atoms with Gasteiger partial charge in [0.2, 0.25) is 0 Å². The smallest absolute Gasteiger partial charge is 0 e. The van der Waals surface area contributed by atoms with E-state index in [4.69, 9.17) is 0 Å². The van der Waals surface area contributed by atoms with Gasteiger partial charge in [0, 0.05) is 31.0 Å². The maximum Gasteiger partial charge on any atom is 0 e. The molecule has 0 saturated heterocycles. The van der Waals surface area contributed by atoms with E-state index in [1.807, 2.05) is 54.1 Å². The van der Waals surface area contributed by atoms with E-state index in [1.54, 1.807) is 0 Å². The van der Waals surface area contributed by atoms with E-state index in [1.165, 1.54) is 41.3 Å². The zero-order valence-corrected chi connectivity index (χ0v) is 32.5. The normalized spacial score (nSPS) is 11.5. The van der Waals surface area contributed by atoms with Crippen LogP contribution in [0, 0.1) is 12.1 Å². The molecule has 233 valence electrons. The zero-order valence-electron chi connectivity index (χ0n) is 27.2. The van der Waals surface area contributed by atoms with E-state index in [9.17, 15) is 0 Å². The van der Waals surface area contributed by atoms with Crippen molar-refractivity contribution in [3.63, 3.8) is 0 Å². The second-order valence-corrected chi connectivity index (χ2v) is 25.1. The molecule has 5 heteroatoms. The van der Waals surface area contributed by atoms with E-state index in [0.29, 0.717) is 0 Å². The number of nitrogens with zero attached hydrogens (tertiary/aromatic N) is 2. The summed E-state index contributed by atoms with van der Waals surface area (Å²) >= 11 is 0.118. The van der Waals surface area contributed by atoms with Crippen LogP contribution < -0.4 is 4.40 Å². The first-order chi connectivity index (χ1) is 21.6. The Hall–Kier alpha value is -3.41. The van der Waals surface area contributed by atoms with Crippen LogP contribution >= 0.6 is 11.3 Å². The van der Waals surface area contributed by atoms with Crippen molar-refractivity contribution in [1.82, 2.24) is 9.97 Å². The first kappa shape index (κ1) is 33.9. The van der Waals surface area contributed by atoms with E-state index in [2.05, 4.69) is 139 Å². The Morgan fingerprint density at radius 1 is 0.674 bits per heavy atom. The topological polar surface area (TPSA) is 25.8 Å². The molecule has 7 rings (SSSR count). The van der Waals surface area contributed by atoms with Crippen LogP contribution in [-0.2, 0) is 25.5 Å². The molecular formula is C41H38GeIrN2S-2. The monoisotopic (exact) mass is 857 g/mol. The molecule has 0 unspecified atom stereocenters. The molecule has 0 fully saturated rings. The molecule has 3 aromatic heterocycles. The molecule has 3 heterocycles. The summed E-state index contributed by atoms with van der Waals surface area (Å²) in [6, 6.07) is 44.8. The van der Waals surface area contributed by atoms with E-state index >= 15 is 0 Å². The van der Waals surface area contributed by atoms with Crippen LogP contribution in [0.2, 0.25) is 17.3 Å². The maximum atomic E-state index is 4.68. The Bertz CT molecular complexity index is 2060. The van der Waals surface area contributed by atoms with E-state index in [-0.39, 0.29) is 25.5 Å². The van der Waals surface area contributed by atoms with Crippen LogP contribution in [0.4, 0.5) is 0 Å². The molecule has 0 aliphatic carbocycles. The van der Waals surface area contributed by atoms with Gasteiger partial charge in [-0.2, -0.15) is 11.3 Å². The third-order valence-corrected chi connectivity index (χ3v) is 13.5. The van der Waals surface area contributed by atoms with Crippen molar-refractivity contribution in [3.05, 3.63) is 139 Å². The second-order valence-electron chi connectivity index (χ2n) is 13.4. The van der Waals surface area contributed by atoms with Gasteiger partial charge in [0.1, 0.15) is 0 Å². The molecule has 0 bridgehead atoms. The number of hydrogen-bond acceptors (Lipinski definition) is 3. The van der Waals surface area contributed by atoms with Gasteiger partial charge in [0.15, 0.2) is 0 Å². The molecule has 0 spiro atoms. The van der Waals surface area contributed by atoms with Crippen LogP contribution in [0.25, 0.3) is 53.8 Å². The van der Waals surface area contributed by atoms with Crippen LogP contribution in [0.3, 0.4) is 0 Å². The Morgan fingerprint density at radius 3 is 2.13 bits per heavy atom. The number of hydrogen-bond donors (Lipinski definition) is 0. The molecule has 4 aromatic carbocycles. The van der Waals surface area contributed by atoms with Crippen molar-refractivity contribution in [3.8, 4) is 33.6 Å². The average molecular weight is 856 g/mol. The van der Waals surface area contributed by atoms with Crippen LogP contribution in [0.1, 0.15) is 26.3 Å². The number of aromatic nitrogens is 2. The summed E-state index contributed by atoms with van der Waals surface area (Å²) in [5.74, 6) is 7.14. The Kier molecular flexibility index (Phi) is 10.4. The van der Waals surface area contributed by atoms with Gasteiger partial charge < -0.3 is 4.98 Å². The first-order valence-corrected chi connectivity index (χ1v) is 23.6. The third kappa shape index (κ3) is 7.58. The molecule has 0 amide bonds. The van der Waals surface area contributed by atoms with Crippen LogP contribution in [0.15, 0.2) is 122 Å². The quantitative estimate of drug-likeness (QED) is 0.130. The minimum Gasteiger partial charge on any atom is 0 e. The van der Waals surface area contributed by atoms with E-state index < -0.39 is 13.3 Å². The fourth-order valence-electron chi connectivity index (χ4n) is 5.33. The van der Waals surface area contributed by atoms with Crippen molar-refractivity contribution in [1.29, 1.82) is 0 Å². The van der Waals surface area contributed by atoms with Crippen molar-refractivity contribution >= 4 is 49.2 Å². The van der Waals surface area contributed by atoms with Gasteiger partial charge in [-0.15, -0.1) is 23.8 Å². The summed E-state index contributed by atoms with van der Waals surface area (Å²) in [4.78, 5) is 9.22. The minimum absolute atomic E-state index is 0. The summed E-state index contributed by atoms with van der Waals surface area (Å²) in [6.45, 7) is 6.71. The largest absolute Gasteiger partial charge is 0 e. The minimum atomic E-state index is -1.72. The molecule has 0 atom stereocenters. The van der Waals surface area contributed by atoms with Crippen LogP contribution in [0.5, 0.6) is 0 Å². The van der Waals surface area contributed by atoms with Gasteiger partial charge in [-0.25, -0.2) is 0 Å². The summed E-state index contributed by atoms with van der Waals surface area (Å²) in [6.07, 6.45) is 3.96. The number of thiophene rings is 1. The van der Waals surface area contributed by atoms with E-state index in [0.717, 1.165) is 22.5 Å². The Morgan fingerprint density at radius 2 is 1.46 bits per heavy atom.